The van der Waals surface area contributed by atoms with Crippen LogP contribution in [0.25, 0.3) is 0 Å². The summed E-state index contributed by atoms with van der Waals surface area (Å²) in [6.45, 7) is 3.46. The standard InChI is InChI=1S/C16H25NO/c1-13-4-3-5-15(12-13)17-11-10-14-6-8-16(18-2)9-7-14/h6-9,13,15,17H,3-5,10-12H2,1-2H3/t13-,15+/m0/s1. The number of rotatable bonds is 5. The summed E-state index contributed by atoms with van der Waals surface area (Å²) in [5, 5.41) is 3.70. The number of hydrogen-bond acceptors (Lipinski definition) is 2. The summed E-state index contributed by atoms with van der Waals surface area (Å²) in [5.74, 6) is 1.84. The van der Waals surface area contributed by atoms with Crippen molar-refractivity contribution in [2.45, 2.75) is 45.1 Å². The van der Waals surface area contributed by atoms with Gasteiger partial charge in [0.15, 0.2) is 0 Å². The van der Waals surface area contributed by atoms with Crippen molar-refractivity contribution in [2.75, 3.05) is 13.7 Å². The molecule has 1 N–H and O–H groups in total. The van der Waals surface area contributed by atoms with Crippen molar-refractivity contribution < 1.29 is 4.74 Å². The Morgan fingerprint density at radius 2 is 2.00 bits per heavy atom. The maximum atomic E-state index is 5.16. The molecule has 1 aromatic rings. The third kappa shape index (κ3) is 4.02. The van der Waals surface area contributed by atoms with Crippen molar-refractivity contribution in [3.8, 4) is 5.75 Å². The van der Waals surface area contributed by atoms with Crippen molar-refractivity contribution >= 4 is 0 Å². The number of nitrogens with one attached hydrogen (secondary N) is 1. The van der Waals surface area contributed by atoms with E-state index in [1.807, 2.05) is 12.1 Å². The van der Waals surface area contributed by atoms with Gasteiger partial charge in [-0.05, 0) is 49.4 Å². The van der Waals surface area contributed by atoms with Crippen LogP contribution in [0.2, 0.25) is 0 Å². The highest BCUT2D eigenvalue weighted by Gasteiger charge is 2.17. The van der Waals surface area contributed by atoms with Crippen LogP contribution in [-0.4, -0.2) is 19.7 Å². The van der Waals surface area contributed by atoms with Crippen LogP contribution in [0.15, 0.2) is 24.3 Å². The van der Waals surface area contributed by atoms with Gasteiger partial charge in [0, 0.05) is 6.04 Å². The van der Waals surface area contributed by atoms with Gasteiger partial charge in [-0.3, -0.25) is 0 Å². The van der Waals surface area contributed by atoms with Gasteiger partial charge in [0.05, 0.1) is 7.11 Å². The van der Waals surface area contributed by atoms with Gasteiger partial charge in [-0.1, -0.05) is 31.9 Å². The van der Waals surface area contributed by atoms with E-state index in [1.54, 1.807) is 7.11 Å². The molecule has 1 fully saturated rings. The zero-order valence-electron chi connectivity index (χ0n) is 11.6. The number of ether oxygens (including phenoxy) is 1. The highest BCUT2D eigenvalue weighted by atomic mass is 16.5. The van der Waals surface area contributed by atoms with Crippen LogP contribution in [0.5, 0.6) is 5.75 Å². The molecule has 2 heteroatoms. The second kappa shape index (κ2) is 6.79. The molecule has 1 aliphatic carbocycles. The Bertz CT molecular complexity index is 347. The smallest absolute Gasteiger partial charge is 0.118 e. The first-order valence-corrected chi connectivity index (χ1v) is 7.14. The first kappa shape index (κ1) is 13.4. The molecular weight excluding hydrogens is 222 g/mol. The predicted molar refractivity (Wildman–Crippen MR) is 76.1 cm³/mol. The zero-order valence-corrected chi connectivity index (χ0v) is 11.6. The Kier molecular flexibility index (Phi) is 5.06. The van der Waals surface area contributed by atoms with E-state index in [1.165, 1.54) is 31.2 Å². The molecule has 0 amide bonds. The molecule has 1 aliphatic rings. The fourth-order valence-electron chi connectivity index (χ4n) is 2.83. The van der Waals surface area contributed by atoms with Crippen LogP contribution in [0.1, 0.15) is 38.2 Å². The van der Waals surface area contributed by atoms with E-state index in [4.69, 9.17) is 4.74 Å². The Hall–Kier alpha value is -1.02. The van der Waals surface area contributed by atoms with E-state index in [2.05, 4.69) is 24.4 Å². The maximum Gasteiger partial charge on any atom is 0.118 e. The van der Waals surface area contributed by atoms with Gasteiger partial charge in [-0.2, -0.15) is 0 Å². The molecule has 1 aromatic carbocycles. The monoisotopic (exact) mass is 247 g/mol. The van der Waals surface area contributed by atoms with Crippen molar-refractivity contribution in [1.82, 2.24) is 5.32 Å². The third-order valence-electron chi connectivity index (χ3n) is 3.94. The highest BCUT2D eigenvalue weighted by molar-refractivity contribution is 5.27. The minimum atomic E-state index is 0.743. The lowest BCUT2D eigenvalue weighted by Crippen LogP contribution is -2.34. The summed E-state index contributed by atoms with van der Waals surface area (Å²) in [7, 11) is 1.71. The molecule has 2 atom stereocenters. The topological polar surface area (TPSA) is 21.3 Å². The van der Waals surface area contributed by atoms with Crippen LogP contribution >= 0.6 is 0 Å². The quantitative estimate of drug-likeness (QED) is 0.861. The lowest BCUT2D eigenvalue weighted by Gasteiger charge is -2.27. The summed E-state index contributed by atoms with van der Waals surface area (Å²) in [6.07, 6.45) is 6.61. The van der Waals surface area contributed by atoms with Crippen molar-refractivity contribution in [1.29, 1.82) is 0 Å². The third-order valence-corrected chi connectivity index (χ3v) is 3.94. The number of benzene rings is 1. The molecule has 2 rings (SSSR count). The van der Waals surface area contributed by atoms with Gasteiger partial charge in [0.1, 0.15) is 5.75 Å². The molecule has 1 saturated carbocycles. The molecule has 2 nitrogen and oxygen atoms in total. The molecule has 0 aliphatic heterocycles. The minimum absolute atomic E-state index is 0.743. The first-order valence-electron chi connectivity index (χ1n) is 7.14. The summed E-state index contributed by atoms with van der Waals surface area (Å²) >= 11 is 0. The van der Waals surface area contributed by atoms with E-state index in [0.717, 1.165) is 30.7 Å². The number of hydrogen-bond donors (Lipinski definition) is 1. The molecule has 0 aromatic heterocycles. The van der Waals surface area contributed by atoms with Crippen molar-refractivity contribution in [2.24, 2.45) is 5.92 Å². The van der Waals surface area contributed by atoms with Crippen LogP contribution < -0.4 is 10.1 Å². The zero-order chi connectivity index (χ0) is 12.8. The molecule has 0 unspecified atom stereocenters. The molecule has 0 radical (unpaired) electrons. The largest absolute Gasteiger partial charge is 0.497 e. The average Bonchev–Trinajstić information content (AvgIpc) is 2.40. The molecule has 100 valence electrons. The molecule has 0 bridgehead atoms. The molecule has 0 saturated heterocycles. The normalized spacial score (nSPS) is 23.9. The first-order chi connectivity index (χ1) is 8.78. The summed E-state index contributed by atoms with van der Waals surface area (Å²) < 4.78 is 5.16. The fraction of sp³-hybridized carbons (Fsp3) is 0.625. The van der Waals surface area contributed by atoms with Crippen LogP contribution in [0.3, 0.4) is 0 Å². The fourth-order valence-corrected chi connectivity index (χ4v) is 2.83. The lowest BCUT2D eigenvalue weighted by atomic mass is 9.87. The SMILES string of the molecule is COc1ccc(CCN[C@@H]2CCC[C@H](C)C2)cc1. The highest BCUT2D eigenvalue weighted by Crippen LogP contribution is 2.23. The lowest BCUT2D eigenvalue weighted by molar-refractivity contribution is 0.303. The predicted octanol–water partition coefficient (Wildman–Crippen LogP) is 3.41. The van der Waals surface area contributed by atoms with E-state index in [0.29, 0.717) is 0 Å². The molecule has 18 heavy (non-hydrogen) atoms. The molecule has 0 heterocycles. The van der Waals surface area contributed by atoms with Crippen molar-refractivity contribution in [3.05, 3.63) is 29.8 Å². The second-order valence-electron chi connectivity index (χ2n) is 5.52. The van der Waals surface area contributed by atoms with E-state index >= 15 is 0 Å². The van der Waals surface area contributed by atoms with E-state index < -0.39 is 0 Å². The van der Waals surface area contributed by atoms with Gasteiger partial charge in [0.25, 0.3) is 0 Å². The average molecular weight is 247 g/mol. The van der Waals surface area contributed by atoms with E-state index in [9.17, 15) is 0 Å². The van der Waals surface area contributed by atoms with Gasteiger partial charge < -0.3 is 10.1 Å². The Labute approximate surface area is 111 Å². The van der Waals surface area contributed by atoms with E-state index in [-0.39, 0.29) is 0 Å². The van der Waals surface area contributed by atoms with Crippen LogP contribution in [0, 0.1) is 5.92 Å². The summed E-state index contributed by atoms with van der Waals surface area (Å²) in [6, 6.07) is 9.14. The van der Waals surface area contributed by atoms with Crippen LogP contribution in [0.4, 0.5) is 0 Å². The Balaban J connectivity index is 1.70. The van der Waals surface area contributed by atoms with Crippen LogP contribution in [-0.2, 0) is 6.42 Å². The summed E-state index contributed by atoms with van der Waals surface area (Å²) in [4.78, 5) is 0. The van der Waals surface area contributed by atoms with Gasteiger partial charge >= 0.3 is 0 Å². The van der Waals surface area contributed by atoms with Gasteiger partial charge in [-0.25, -0.2) is 0 Å². The maximum absolute atomic E-state index is 5.16. The van der Waals surface area contributed by atoms with Gasteiger partial charge in [0.2, 0.25) is 0 Å². The Morgan fingerprint density at radius 1 is 1.22 bits per heavy atom. The number of methoxy groups -OCH3 is 1. The van der Waals surface area contributed by atoms with Crippen molar-refractivity contribution in [3.63, 3.8) is 0 Å². The molecule has 0 spiro atoms. The molecular formula is C16H25NO. The second-order valence-corrected chi connectivity index (χ2v) is 5.52. The minimum Gasteiger partial charge on any atom is -0.497 e. The Morgan fingerprint density at radius 3 is 2.67 bits per heavy atom. The summed E-state index contributed by atoms with van der Waals surface area (Å²) in [5.41, 5.74) is 1.38. The van der Waals surface area contributed by atoms with Gasteiger partial charge in [-0.15, -0.1) is 0 Å².